The summed E-state index contributed by atoms with van der Waals surface area (Å²) in [5.41, 5.74) is -0.297. The third kappa shape index (κ3) is 3.94. The molecule has 2 aromatic rings. The Hall–Kier alpha value is -2.70. The number of hydrogen-bond donors (Lipinski definition) is 3. The maximum atomic E-state index is 12.3. The highest BCUT2D eigenvalue weighted by Crippen LogP contribution is 2.14. The molecule has 7 heteroatoms. The minimum Gasteiger partial charge on any atom is -0.481 e. The van der Waals surface area contributed by atoms with Gasteiger partial charge in [0.25, 0.3) is 11.5 Å². The highest BCUT2D eigenvalue weighted by Gasteiger charge is 2.21. The van der Waals surface area contributed by atoms with Crippen molar-refractivity contribution in [2.75, 3.05) is 6.54 Å². The summed E-state index contributed by atoms with van der Waals surface area (Å²) in [6, 6.07) is 6.64. The molecule has 23 heavy (non-hydrogen) atoms. The molecule has 0 saturated heterocycles. The molecule has 3 N–H and O–H groups in total. The maximum Gasteiger partial charge on any atom is 0.308 e. The van der Waals surface area contributed by atoms with E-state index in [9.17, 15) is 19.5 Å². The van der Waals surface area contributed by atoms with E-state index in [1.165, 1.54) is 0 Å². The van der Waals surface area contributed by atoms with Crippen molar-refractivity contribution in [2.24, 2.45) is 11.8 Å². The Morgan fingerprint density at radius 3 is 2.52 bits per heavy atom. The normalized spacial score (nSPS) is 12.3. The second-order valence-corrected chi connectivity index (χ2v) is 5.82. The summed E-state index contributed by atoms with van der Waals surface area (Å²) in [6.07, 6.45) is 0.468. The number of rotatable bonds is 6. The molecular formula is C16H19N3O4. The molecule has 0 radical (unpaired) electrons. The third-order valence-electron chi connectivity index (χ3n) is 3.53. The Morgan fingerprint density at radius 2 is 1.91 bits per heavy atom. The molecule has 122 valence electrons. The summed E-state index contributed by atoms with van der Waals surface area (Å²) in [6.45, 7) is 3.87. The van der Waals surface area contributed by atoms with E-state index in [1.807, 2.05) is 13.8 Å². The summed E-state index contributed by atoms with van der Waals surface area (Å²) < 4.78 is 0. The Morgan fingerprint density at radius 1 is 1.26 bits per heavy atom. The number of carbonyl (C=O) groups excluding carboxylic acids is 1. The van der Waals surface area contributed by atoms with Gasteiger partial charge in [-0.3, -0.25) is 14.4 Å². The van der Waals surface area contributed by atoms with Gasteiger partial charge in [-0.25, -0.2) is 5.10 Å². The van der Waals surface area contributed by atoms with Gasteiger partial charge in [0.2, 0.25) is 0 Å². The number of nitrogens with one attached hydrogen (secondary N) is 2. The van der Waals surface area contributed by atoms with Crippen LogP contribution in [0.3, 0.4) is 0 Å². The molecule has 0 aliphatic carbocycles. The highest BCUT2D eigenvalue weighted by atomic mass is 16.4. The van der Waals surface area contributed by atoms with Gasteiger partial charge in [-0.15, -0.1) is 0 Å². The zero-order valence-electron chi connectivity index (χ0n) is 13.0. The van der Waals surface area contributed by atoms with Crippen molar-refractivity contribution in [3.8, 4) is 0 Å². The topological polar surface area (TPSA) is 112 Å². The van der Waals surface area contributed by atoms with E-state index < -0.39 is 17.8 Å². The van der Waals surface area contributed by atoms with Crippen LogP contribution in [0.25, 0.3) is 10.8 Å². The molecule has 1 unspecified atom stereocenters. The Bertz CT molecular complexity index is 782. The SMILES string of the molecule is CC(C)CC(CNC(=O)c1n[nH]c(=O)c2ccccc12)C(=O)O. The van der Waals surface area contributed by atoms with E-state index >= 15 is 0 Å². The number of aromatic nitrogens is 2. The van der Waals surface area contributed by atoms with Gasteiger partial charge in [0, 0.05) is 11.9 Å². The number of carbonyl (C=O) groups is 2. The zero-order valence-corrected chi connectivity index (χ0v) is 13.0. The molecule has 1 heterocycles. The van der Waals surface area contributed by atoms with Gasteiger partial charge in [0.05, 0.1) is 11.3 Å². The molecule has 2 rings (SSSR count). The largest absolute Gasteiger partial charge is 0.481 e. The first-order chi connectivity index (χ1) is 10.9. The van der Waals surface area contributed by atoms with Gasteiger partial charge in [0.1, 0.15) is 0 Å². The average molecular weight is 317 g/mol. The second-order valence-electron chi connectivity index (χ2n) is 5.82. The van der Waals surface area contributed by atoms with Crippen LogP contribution in [-0.2, 0) is 4.79 Å². The number of carboxylic acids is 1. The summed E-state index contributed by atoms with van der Waals surface area (Å²) in [4.78, 5) is 35.2. The quantitative estimate of drug-likeness (QED) is 0.745. The number of benzene rings is 1. The van der Waals surface area contributed by atoms with Crippen molar-refractivity contribution >= 4 is 22.6 Å². The molecule has 1 atom stereocenters. The first-order valence-electron chi connectivity index (χ1n) is 7.38. The Kier molecular flexibility index (Phi) is 5.10. The fraction of sp³-hybridized carbons (Fsp3) is 0.375. The minimum atomic E-state index is -0.946. The van der Waals surface area contributed by atoms with E-state index in [1.54, 1.807) is 24.3 Å². The standard InChI is InChI=1S/C16H19N3O4/c1-9(2)7-10(16(22)23)8-17-15(21)13-11-5-3-4-6-12(11)14(20)19-18-13/h3-6,9-10H,7-8H2,1-2H3,(H,17,21)(H,19,20)(H,22,23). The highest BCUT2D eigenvalue weighted by molar-refractivity contribution is 6.04. The fourth-order valence-corrected chi connectivity index (χ4v) is 2.43. The van der Waals surface area contributed by atoms with Crippen LogP contribution in [0.1, 0.15) is 30.8 Å². The molecule has 0 spiro atoms. The minimum absolute atomic E-state index is 0.0154. The molecule has 7 nitrogen and oxygen atoms in total. The molecule has 1 aromatic carbocycles. The van der Waals surface area contributed by atoms with Gasteiger partial charge in [0.15, 0.2) is 5.69 Å². The lowest BCUT2D eigenvalue weighted by atomic mass is 9.97. The lowest BCUT2D eigenvalue weighted by Crippen LogP contribution is -2.34. The second kappa shape index (κ2) is 7.04. The van der Waals surface area contributed by atoms with Gasteiger partial charge < -0.3 is 10.4 Å². The van der Waals surface area contributed by atoms with Crippen molar-refractivity contribution in [3.63, 3.8) is 0 Å². The third-order valence-corrected chi connectivity index (χ3v) is 3.53. The van der Waals surface area contributed by atoms with Crippen LogP contribution in [0.5, 0.6) is 0 Å². The van der Waals surface area contributed by atoms with E-state index in [0.717, 1.165) is 0 Å². The van der Waals surface area contributed by atoms with Gasteiger partial charge in [-0.1, -0.05) is 32.0 Å². The van der Waals surface area contributed by atoms with Crippen LogP contribution in [-0.4, -0.2) is 33.7 Å². The Labute approximate surface area is 132 Å². The Balaban J connectivity index is 2.20. The first-order valence-corrected chi connectivity index (χ1v) is 7.38. The van der Waals surface area contributed by atoms with E-state index in [2.05, 4.69) is 15.5 Å². The number of amides is 1. The van der Waals surface area contributed by atoms with Crippen LogP contribution in [0, 0.1) is 11.8 Å². The molecule has 0 aliphatic heterocycles. The molecule has 1 amide bonds. The molecule has 0 fully saturated rings. The van der Waals surface area contributed by atoms with Crippen LogP contribution in [0.2, 0.25) is 0 Å². The number of aromatic amines is 1. The van der Waals surface area contributed by atoms with Crippen molar-refractivity contribution in [2.45, 2.75) is 20.3 Å². The number of aliphatic carboxylic acids is 1. The lowest BCUT2D eigenvalue weighted by molar-refractivity contribution is -0.142. The van der Waals surface area contributed by atoms with Gasteiger partial charge in [-0.05, 0) is 18.4 Å². The predicted molar refractivity (Wildman–Crippen MR) is 85.3 cm³/mol. The van der Waals surface area contributed by atoms with E-state index in [4.69, 9.17) is 0 Å². The number of fused-ring (bicyclic) bond motifs is 1. The van der Waals surface area contributed by atoms with E-state index in [-0.39, 0.29) is 23.7 Å². The summed E-state index contributed by atoms with van der Waals surface area (Å²) in [7, 11) is 0. The average Bonchev–Trinajstić information content (AvgIpc) is 2.51. The van der Waals surface area contributed by atoms with Crippen LogP contribution < -0.4 is 10.9 Å². The number of H-pyrrole nitrogens is 1. The number of nitrogens with zero attached hydrogens (tertiary/aromatic N) is 1. The molecule has 1 aromatic heterocycles. The molecular weight excluding hydrogens is 298 g/mol. The molecule has 0 saturated carbocycles. The molecule has 0 aliphatic rings. The van der Waals surface area contributed by atoms with Crippen LogP contribution >= 0.6 is 0 Å². The fourth-order valence-electron chi connectivity index (χ4n) is 2.43. The van der Waals surface area contributed by atoms with Crippen molar-refractivity contribution in [3.05, 3.63) is 40.3 Å². The van der Waals surface area contributed by atoms with Crippen LogP contribution in [0.4, 0.5) is 0 Å². The lowest BCUT2D eigenvalue weighted by Gasteiger charge is -2.15. The number of carboxylic acid groups (broad SMARTS) is 1. The van der Waals surface area contributed by atoms with Crippen molar-refractivity contribution in [1.82, 2.24) is 15.5 Å². The van der Waals surface area contributed by atoms with Gasteiger partial charge in [-0.2, -0.15) is 5.10 Å². The van der Waals surface area contributed by atoms with Gasteiger partial charge >= 0.3 is 5.97 Å². The number of hydrogen-bond acceptors (Lipinski definition) is 4. The first kappa shape index (κ1) is 16.7. The summed E-state index contributed by atoms with van der Waals surface area (Å²) in [5, 5.41) is 18.7. The van der Waals surface area contributed by atoms with Crippen molar-refractivity contribution < 1.29 is 14.7 Å². The molecule has 0 bridgehead atoms. The predicted octanol–water partition coefficient (Wildman–Crippen LogP) is 1.40. The van der Waals surface area contributed by atoms with Crippen LogP contribution in [0.15, 0.2) is 29.1 Å². The monoisotopic (exact) mass is 317 g/mol. The maximum absolute atomic E-state index is 12.3. The van der Waals surface area contributed by atoms with E-state index in [0.29, 0.717) is 17.2 Å². The van der Waals surface area contributed by atoms with Crippen molar-refractivity contribution in [1.29, 1.82) is 0 Å². The summed E-state index contributed by atoms with van der Waals surface area (Å²) >= 11 is 0. The summed E-state index contributed by atoms with van der Waals surface area (Å²) in [5.74, 6) is -1.90. The zero-order chi connectivity index (χ0) is 17.0. The smallest absolute Gasteiger partial charge is 0.308 e.